The molecular formula is C21H39O4P. The van der Waals surface area contributed by atoms with Crippen molar-refractivity contribution in [3.05, 3.63) is 35.9 Å². The fraction of sp³-hybridized carbons (Fsp3) is 0.714. The van der Waals surface area contributed by atoms with E-state index in [-0.39, 0.29) is 21.4 Å². The lowest BCUT2D eigenvalue weighted by molar-refractivity contribution is -0.215. The molecule has 0 radical (unpaired) electrons. The van der Waals surface area contributed by atoms with Crippen molar-refractivity contribution in [2.75, 3.05) is 13.2 Å². The van der Waals surface area contributed by atoms with Gasteiger partial charge in [0, 0.05) is 5.56 Å². The van der Waals surface area contributed by atoms with Gasteiger partial charge in [0.2, 0.25) is 0 Å². The second-order valence-electron chi connectivity index (χ2n) is 5.55. The number of benzene rings is 1. The standard InChI is InChI=1S/C17H27O4P.2C2H6/c1-3-8-15(9-4-2)20-22-21-16-12-18-17(19-13-16)14-10-6-5-7-11-14;2*1-2/h5-7,10-11,15-17,22H,3-4,8-9,12-13H2,1-2H3;2*1-2H3. The SMILES string of the molecule is CC.CC.CCCC(CCC)OPOC1COC(c2ccccc2)OC1. The van der Waals surface area contributed by atoms with Crippen LogP contribution in [0.15, 0.2) is 30.3 Å². The molecule has 1 heterocycles. The smallest absolute Gasteiger partial charge is 0.184 e. The minimum Gasteiger partial charge on any atom is -0.346 e. The Hall–Kier alpha value is -0.510. The van der Waals surface area contributed by atoms with Gasteiger partial charge in [-0.2, -0.15) is 0 Å². The van der Waals surface area contributed by atoms with Gasteiger partial charge >= 0.3 is 0 Å². The molecule has 1 aliphatic heterocycles. The zero-order chi connectivity index (χ0) is 19.6. The fourth-order valence-electron chi connectivity index (χ4n) is 2.43. The Morgan fingerprint density at radius 2 is 1.50 bits per heavy atom. The van der Waals surface area contributed by atoms with Crippen LogP contribution in [0.5, 0.6) is 0 Å². The minimum atomic E-state index is -0.279. The molecule has 5 heteroatoms. The maximum Gasteiger partial charge on any atom is 0.184 e. The van der Waals surface area contributed by atoms with E-state index < -0.39 is 0 Å². The van der Waals surface area contributed by atoms with E-state index in [0.29, 0.717) is 19.3 Å². The Bertz CT molecular complexity index is 388. The highest BCUT2D eigenvalue weighted by atomic mass is 31.1. The average Bonchev–Trinajstić information content (AvgIpc) is 2.72. The van der Waals surface area contributed by atoms with Gasteiger partial charge in [0.25, 0.3) is 0 Å². The van der Waals surface area contributed by atoms with E-state index in [2.05, 4.69) is 13.8 Å². The van der Waals surface area contributed by atoms with E-state index in [1.54, 1.807) is 0 Å². The summed E-state index contributed by atoms with van der Waals surface area (Å²) in [5.41, 5.74) is 1.05. The summed E-state index contributed by atoms with van der Waals surface area (Å²) in [7, 11) is 0.0617. The van der Waals surface area contributed by atoms with Crippen molar-refractivity contribution in [1.82, 2.24) is 0 Å². The van der Waals surface area contributed by atoms with E-state index in [1.165, 1.54) is 0 Å². The molecule has 1 aliphatic rings. The lowest BCUT2D eigenvalue weighted by atomic mass is 10.1. The number of rotatable bonds is 9. The largest absolute Gasteiger partial charge is 0.346 e. The van der Waals surface area contributed by atoms with Gasteiger partial charge in [-0.1, -0.05) is 84.7 Å². The molecule has 0 bridgehead atoms. The molecule has 4 nitrogen and oxygen atoms in total. The predicted octanol–water partition coefficient (Wildman–Crippen LogP) is 6.66. The van der Waals surface area contributed by atoms with Crippen molar-refractivity contribution in [1.29, 1.82) is 0 Å². The van der Waals surface area contributed by atoms with E-state index in [0.717, 1.165) is 31.2 Å². The van der Waals surface area contributed by atoms with Gasteiger partial charge in [0.15, 0.2) is 15.3 Å². The van der Waals surface area contributed by atoms with Crippen molar-refractivity contribution in [3.63, 3.8) is 0 Å². The topological polar surface area (TPSA) is 36.9 Å². The molecule has 0 aromatic heterocycles. The molecule has 0 aliphatic carbocycles. The van der Waals surface area contributed by atoms with E-state index in [4.69, 9.17) is 18.5 Å². The molecule has 152 valence electrons. The fourth-order valence-corrected chi connectivity index (χ4v) is 3.13. The van der Waals surface area contributed by atoms with E-state index >= 15 is 0 Å². The molecule has 2 rings (SSSR count). The zero-order valence-electron chi connectivity index (χ0n) is 17.5. The normalized spacial score (nSPS) is 19.7. The van der Waals surface area contributed by atoms with Crippen molar-refractivity contribution >= 4 is 9.03 Å². The van der Waals surface area contributed by atoms with Crippen LogP contribution in [-0.2, 0) is 18.5 Å². The van der Waals surface area contributed by atoms with Crippen LogP contribution in [0.25, 0.3) is 0 Å². The van der Waals surface area contributed by atoms with Gasteiger partial charge in [-0.3, -0.25) is 0 Å². The lowest BCUT2D eigenvalue weighted by Gasteiger charge is -2.29. The van der Waals surface area contributed by atoms with Crippen LogP contribution in [0, 0.1) is 0 Å². The third-order valence-electron chi connectivity index (χ3n) is 3.59. The Labute approximate surface area is 162 Å². The zero-order valence-corrected chi connectivity index (χ0v) is 18.5. The molecule has 0 spiro atoms. The number of hydrogen-bond donors (Lipinski definition) is 0. The van der Waals surface area contributed by atoms with Crippen LogP contribution in [-0.4, -0.2) is 25.4 Å². The predicted molar refractivity (Wildman–Crippen MR) is 112 cm³/mol. The van der Waals surface area contributed by atoms with Gasteiger partial charge in [-0.05, 0) is 12.8 Å². The Balaban J connectivity index is 0.00000146. The summed E-state index contributed by atoms with van der Waals surface area (Å²) < 4.78 is 23.0. The second kappa shape index (κ2) is 17.9. The Morgan fingerprint density at radius 1 is 0.962 bits per heavy atom. The van der Waals surface area contributed by atoms with Crippen molar-refractivity contribution < 1.29 is 18.5 Å². The van der Waals surface area contributed by atoms with Gasteiger partial charge in [-0.25, -0.2) is 0 Å². The van der Waals surface area contributed by atoms with Crippen molar-refractivity contribution in [2.45, 2.75) is 85.7 Å². The average molecular weight is 387 g/mol. The van der Waals surface area contributed by atoms with Crippen molar-refractivity contribution in [3.8, 4) is 0 Å². The van der Waals surface area contributed by atoms with Gasteiger partial charge in [0.1, 0.15) is 6.10 Å². The highest BCUT2D eigenvalue weighted by molar-refractivity contribution is 7.26. The minimum absolute atomic E-state index is 0.0396. The summed E-state index contributed by atoms with van der Waals surface area (Å²) in [6.45, 7) is 13.5. The molecule has 1 fully saturated rings. The van der Waals surface area contributed by atoms with Crippen LogP contribution in [0.4, 0.5) is 0 Å². The number of ether oxygens (including phenoxy) is 2. The van der Waals surface area contributed by atoms with Crippen LogP contribution in [0.1, 0.15) is 79.1 Å². The monoisotopic (exact) mass is 386 g/mol. The summed E-state index contributed by atoms with van der Waals surface area (Å²) >= 11 is 0. The third-order valence-corrected chi connectivity index (χ3v) is 4.45. The maximum atomic E-state index is 5.83. The molecule has 26 heavy (non-hydrogen) atoms. The van der Waals surface area contributed by atoms with Crippen LogP contribution in [0.2, 0.25) is 0 Å². The first-order chi connectivity index (χ1) is 12.8. The maximum absolute atomic E-state index is 5.83. The molecule has 0 saturated carbocycles. The first-order valence-corrected chi connectivity index (χ1v) is 11.0. The summed E-state index contributed by atoms with van der Waals surface area (Å²) in [6, 6.07) is 9.98. The van der Waals surface area contributed by atoms with Crippen LogP contribution in [0.3, 0.4) is 0 Å². The van der Waals surface area contributed by atoms with Crippen LogP contribution >= 0.6 is 9.03 Å². The Morgan fingerprint density at radius 3 is 2.00 bits per heavy atom. The molecular weight excluding hydrogens is 347 g/mol. The number of hydrogen-bond acceptors (Lipinski definition) is 4. The Kier molecular flexibility index (Phi) is 17.5. The third kappa shape index (κ3) is 10.6. The van der Waals surface area contributed by atoms with E-state index in [1.807, 2.05) is 58.0 Å². The molecule has 0 N–H and O–H groups in total. The highest BCUT2D eigenvalue weighted by Crippen LogP contribution is 2.28. The van der Waals surface area contributed by atoms with Gasteiger partial charge in [-0.15, -0.1) is 0 Å². The van der Waals surface area contributed by atoms with Gasteiger partial charge < -0.3 is 18.5 Å². The summed E-state index contributed by atoms with van der Waals surface area (Å²) in [6.07, 6.45) is 4.47. The first-order valence-electron chi connectivity index (χ1n) is 10.2. The van der Waals surface area contributed by atoms with E-state index in [9.17, 15) is 0 Å². The van der Waals surface area contributed by atoms with Crippen molar-refractivity contribution in [2.24, 2.45) is 0 Å². The molecule has 1 saturated heterocycles. The lowest BCUT2D eigenvalue weighted by Crippen LogP contribution is -2.32. The first kappa shape index (κ1) is 25.5. The molecule has 1 atom stereocenters. The molecule has 1 unspecified atom stereocenters. The second-order valence-corrected chi connectivity index (χ2v) is 6.19. The van der Waals surface area contributed by atoms with Gasteiger partial charge in [0.05, 0.1) is 19.3 Å². The quantitative estimate of drug-likeness (QED) is 0.445. The summed E-state index contributed by atoms with van der Waals surface area (Å²) in [4.78, 5) is 0. The van der Waals surface area contributed by atoms with Crippen LogP contribution < -0.4 is 0 Å². The summed E-state index contributed by atoms with van der Waals surface area (Å²) in [5.74, 6) is 0. The highest BCUT2D eigenvalue weighted by Gasteiger charge is 2.24. The molecule has 1 aromatic rings. The molecule has 1 aromatic carbocycles. The summed E-state index contributed by atoms with van der Waals surface area (Å²) in [5, 5.41) is 0. The molecule has 0 amide bonds.